The fraction of sp³-hybridized carbons (Fsp3) is 0.258. The number of aryl methyl sites for hydroxylation is 1. The number of carbonyl (C=O) groups is 3. The average molecular weight is 498 g/mol. The minimum atomic E-state index is -0.797. The van der Waals surface area contributed by atoms with Crippen LogP contribution in [0.1, 0.15) is 60.3 Å². The zero-order valence-corrected chi connectivity index (χ0v) is 21.5. The third kappa shape index (κ3) is 5.33. The van der Waals surface area contributed by atoms with Gasteiger partial charge >= 0.3 is 5.97 Å². The third-order valence-corrected chi connectivity index (χ3v) is 6.65. The predicted molar refractivity (Wildman–Crippen MR) is 143 cm³/mol. The molecule has 3 aromatic rings. The standard InChI is InChI=1S/C31H31NO5/c1-31(2,3)23-15-11-21(12-16-23)27-26(25(33)19-10-20-8-6-5-7-9-20)28(34)29(35)32(27)24-17-13-22(14-18-24)30(36)37-4/h5-9,11-18,27,34H,10,19H2,1-4H3. The van der Waals surface area contributed by atoms with E-state index < -0.39 is 23.7 Å². The Labute approximate surface area is 217 Å². The molecule has 0 aromatic heterocycles. The van der Waals surface area contributed by atoms with Gasteiger partial charge in [0.1, 0.15) is 0 Å². The molecule has 0 spiro atoms. The van der Waals surface area contributed by atoms with Gasteiger partial charge in [0, 0.05) is 12.1 Å². The van der Waals surface area contributed by atoms with Gasteiger partial charge in [0.2, 0.25) is 0 Å². The van der Waals surface area contributed by atoms with E-state index in [1.54, 1.807) is 24.3 Å². The highest BCUT2D eigenvalue weighted by Crippen LogP contribution is 2.42. The number of carbonyl (C=O) groups excluding carboxylic acids is 3. The van der Waals surface area contributed by atoms with Crippen LogP contribution in [0.4, 0.5) is 5.69 Å². The van der Waals surface area contributed by atoms with Crippen LogP contribution in [0.2, 0.25) is 0 Å². The quantitative estimate of drug-likeness (QED) is 0.413. The van der Waals surface area contributed by atoms with Crippen molar-refractivity contribution in [2.24, 2.45) is 0 Å². The monoisotopic (exact) mass is 497 g/mol. The molecule has 1 amide bonds. The lowest BCUT2D eigenvalue weighted by Crippen LogP contribution is -2.31. The second-order valence-corrected chi connectivity index (χ2v) is 10.2. The summed E-state index contributed by atoms with van der Waals surface area (Å²) in [6.45, 7) is 6.33. The van der Waals surface area contributed by atoms with Crippen molar-refractivity contribution in [1.82, 2.24) is 0 Å². The Morgan fingerprint density at radius 3 is 2.11 bits per heavy atom. The summed E-state index contributed by atoms with van der Waals surface area (Å²) in [4.78, 5) is 40.2. The third-order valence-electron chi connectivity index (χ3n) is 6.65. The summed E-state index contributed by atoms with van der Waals surface area (Å²) >= 11 is 0. The number of Topliss-reactive ketones (excluding diaryl/α,β-unsaturated/α-hetero) is 1. The molecule has 4 rings (SSSR count). The largest absolute Gasteiger partial charge is 0.503 e. The summed E-state index contributed by atoms with van der Waals surface area (Å²) in [6.07, 6.45) is 0.649. The lowest BCUT2D eigenvalue weighted by Gasteiger charge is -2.28. The van der Waals surface area contributed by atoms with Crippen LogP contribution >= 0.6 is 0 Å². The molecule has 3 aromatic carbocycles. The van der Waals surface area contributed by atoms with Crippen molar-refractivity contribution in [2.75, 3.05) is 12.0 Å². The highest BCUT2D eigenvalue weighted by Gasteiger charge is 2.44. The number of benzene rings is 3. The summed E-state index contributed by atoms with van der Waals surface area (Å²) in [7, 11) is 1.30. The second-order valence-electron chi connectivity index (χ2n) is 10.2. The van der Waals surface area contributed by atoms with Crippen LogP contribution in [0.5, 0.6) is 0 Å². The zero-order chi connectivity index (χ0) is 26.7. The van der Waals surface area contributed by atoms with E-state index in [4.69, 9.17) is 4.74 Å². The molecule has 6 heteroatoms. The SMILES string of the molecule is COC(=O)c1ccc(N2C(=O)C(O)=C(C(=O)CCc3ccccc3)C2c2ccc(C(C)(C)C)cc2)cc1. The first-order chi connectivity index (χ1) is 17.6. The Hall–Kier alpha value is -4.19. The molecule has 1 atom stereocenters. The first-order valence-corrected chi connectivity index (χ1v) is 12.2. The summed E-state index contributed by atoms with van der Waals surface area (Å²) < 4.78 is 4.77. The molecule has 0 aliphatic carbocycles. The van der Waals surface area contributed by atoms with Gasteiger partial charge in [0.05, 0.1) is 24.3 Å². The van der Waals surface area contributed by atoms with E-state index >= 15 is 0 Å². The van der Waals surface area contributed by atoms with Gasteiger partial charge in [-0.3, -0.25) is 14.5 Å². The van der Waals surface area contributed by atoms with Crippen molar-refractivity contribution in [1.29, 1.82) is 0 Å². The Kier molecular flexibility index (Phi) is 7.30. The normalized spacial score (nSPS) is 15.7. The molecule has 0 bridgehead atoms. The molecule has 1 N–H and O–H groups in total. The van der Waals surface area contributed by atoms with Gasteiger partial charge in [0.25, 0.3) is 5.91 Å². The number of hydrogen-bond donors (Lipinski definition) is 1. The minimum absolute atomic E-state index is 0.0697. The van der Waals surface area contributed by atoms with Crippen LogP contribution in [-0.2, 0) is 26.2 Å². The molecule has 1 heterocycles. The van der Waals surface area contributed by atoms with E-state index in [1.165, 1.54) is 12.0 Å². The molecule has 1 aliphatic rings. The van der Waals surface area contributed by atoms with Gasteiger partial charge in [-0.1, -0.05) is 75.4 Å². The van der Waals surface area contributed by atoms with Crippen LogP contribution in [0.3, 0.4) is 0 Å². The van der Waals surface area contributed by atoms with E-state index in [0.717, 1.165) is 11.1 Å². The number of hydrogen-bond acceptors (Lipinski definition) is 5. The number of ether oxygens (including phenoxy) is 1. The van der Waals surface area contributed by atoms with Crippen LogP contribution < -0.4 is 4.90 Å². The molecule has 37 heavy (non-hydrogen) atoms. The van der Waals surface area contributed by atoms with E-state index in [-0.39, 0.29) is 23.2 Å². The average Bonchev–Trinajstić information content (AvgIpc) is 3.17. The van der Waals surface area contributed by atoms with E-state index in [2.05, 4.69) is 20.8 Å². The molecular weight excluding hydrogens is 466 g/mol. The minimum Gasteiger partial charge on any atom is -0.503 e. The summed E-state index contributed by atoms with van der Waals surface area (Å²) in [5.74, 6) is -1.97. The maximum Gasteiger partial charge on any atom is 0.337 e. The summed E-state index contributed by atoms with van der Waals surface area (Å²) in [6, 6.07) is 22.9. The first-order valence-electron chi connectivity index (χ1n) is 12.2. The second kappa shape index (κ2) is 10.4. The van der Waals surface area contributed by atoms with Crippen molar-refractivity contribution < 1.29 is 24.2 Å². The van der Waals surface area contributed by atoms with Crippen LogP contribution in [0.25, 0.3) is 0 Å². The molecule has 0 saturated carbocycles. The fourth-order valence-electron chi connectivity index (χ4n) is 4.55. The Balaban J connectivity index is 1.73. The first kappa shape index (κ1) is 25.9. The predicted octanol–water partition coefficient (Wildman–Crippen LogP) is 5.87. The number of ketones is 1. The van der Waals surface area contributed by atoms with Crippen LogP contribution in [0.15, 0.2) is 90.2 Å². The van der Waals surface area contributed by atoms with Gasteiger partial charge in [-0.15, -0.1) is 0 Å². The van der Waals surface area contributed by atoms with E-state index in [1.807, 2.05) is 54.6 Å². The van der Waals surface area contributed by atoms with Crippen molar-refractivity contribution in [3.05, 3.63) is 112 Å². The van der Waals surface area contributed by atoms with Crippen molar-refractivity contribution in [2.45, 2.75) is 45.1 Å². The molecule has 1 unspecified atom stereocenters. The van der Waals surface area contributed by atoms with Crippen LogP contribution in [0, 0.1) is 0 Å². The zero-order valence-electron chi connectivity index (χ0n) is 21.5. The number of anilines is 1. The number of nitrogens with zero attached hydrogens (tertiary/aromatic N) is 1. The number of amides is 1. The number of rotatable bonds is 7. The molecule has 0 fully saturated rings. The Morgan fingerprint density at radius 1 is 0.919 bits per heavy atom. The molecule has 0 saturated heterocycles. The number of aliphatic hydroxyl groups is 1. The number of esters is 1. The van der Waals surface area contributed by atoms with Crippen molar-refractivity contribution in [3.8, 4) is 0 Å². The van der Waals surface area contributed by atoms with Crippen molar-refractivity contribution in [3.63, 3.8) is 0 Å². The molecule has 190 valence electrons. The number of methoxy groups -OCH3 is 1. The lowest BCUT2D eigenvalue weighted by molar-refractivity contribution is -0.118. The maximum atomic E-state index is 13.5. The lowest BCUT2D eigenvalue weighted by atomic mass is 9.85. The highest BCUT2D eigenvalue weighted by atomic mass is 16.5. The molecular formula is C31H31NO5. The van der Waals surface area contributed by atoms with Crippen LogP contribution in [-0.4, -0.2) is 29.9 Å². The van der Waals surface area contributed by atoms with Crippen molar-refractivity contribution >= 4 is 23.3 Å². The van der Waals surface area contributed by atoms with Gasteiger partial charge in [-0.05, 0) is 52.8 Å². The fourth-order valence-corrected chi connectivity index (χ4v) is 4.55. The molecule has 1 aliphatic heterocycles. The van der Waals surface area contributed by atoms with Gasteiger partial charge in [0.15, 0.2) is 11.5 Å². The van der Waals surface area contributed by atoms with Gasteiger partial charge in [-0.2, -0.15) is 0 Å². The maximum absolute atomic E-state index is 13.5. The van der Waals surface area contributed by atoms with Gasteiger partial charge in [-0.25, -0.2) is 4.79 Å². The smallest absolute Gasteiger partial charge is 0.337 e. The highest BCUT2D eigenvalue weighted by molar-refractivity contribution is 6.16. The summed E-state index contributed by atoms with van der Waals surface area (Å²) in [5, 5.41) is 10.9. The summed E-state index contributed by atoms with van der Waals surface area (Å²) in [5.41, 5.74) is 3.63. The Morgan fingerprint density at radius 2 is 1.54 bits per heavy atom. The molecule has 6 nitrogen and oxygen atoms in total. The van der Waals surface area contributed by atoms with E-state index in [9.17, 15) is 19.5 Å². The Bertz CT molecular complexity index is 1330. The molecule has 0 radical (unpaired) electrons. The topological polar surface area (TPSA) is 83.9 Å². The van der Waals surface area contributed by atoms with Gasteiger partial charge < -0.3 is 9.84 Å². The van der Waals surface area contributed by atoms with E-state index in [0.29, 0.717) is 23.2 Å². The number of aliphatic hydroxyl groups excluding tert-OH is 1.